The van der Waals surface area contributed by atoms with Gasteiger partial charge in [-0.05, 0) is 6.08 Å². The van der Waals surface area contributed by atoms with E-state index >= 15 is 0 Å². The van der Waals surface area contributed by atoms with Crippen LogP contribution in [0.5, 0.6) is 0 Å². The Morgan fingerprint density at radius 3 is 2.88 bits per heavy atom. The minimum atomic E-state index is -0.318. The molecule has 44 valence electrons. The molecule has 0 aromatic rings. The summed E-state index contributed by atoms with van der Waals surface area (Å²) >= 11 is 5.43. The molecule has 1 rings (SSSR count). The zero-order chi connectivity index (χ0) is 5.98. The highest BCUT2D eigenvalue weighted by atomic mass is 35.5. The number of halogens is 2. The van der Waals surface area contributed by atoms with E-state index in [9.17, 15) is 4.39 Å². The topological polar surface area (TPSA) is 12.0 Å². The molecule has 0 atom stereocenters. The molecule has 0 aromatic carbocycles. The Morgan fingerprint density at radius 1 is 1.75 bits per heavy atom. The van der Waals surface area contributed by atoms with Gasteiger partial charge in [0.25, 0.3) is 0 Å². The predicted molar refractivity (Wildman–Crippen MR) is 31.1 cm³/mol. The van der Waals surface area contributed by atoms with Crippen molar-refractivity contribution in [1.82, 2.24) is 5.32 Å². The normalized spacial score (nSPS) is 18.8. The van der Waals surface area contributed by atoms with E-state index in [1.807, 2.05) is 0 Å². The van der Waals surface area contributed by atoms with E-state index < -0.39 is 0 Å². The minimum Gasteiger partial charge on any atom is -0.384 e. The molecule has 1 N–H and O–H groups in total. The van der Waals surface area contributed by atoms with Crippen molar-refractivity contribution < 1.29 is 4.39 Å². The van der Waals surface area contributed by atoms with Crippen molar-refractivity contribution in [3.05, 3.63) is 23.1 Å². The van der Waals surface area contributed by atoms with Gasteiger partial charge in [-0.2, -0.15) is 0 Å². The molecule has 0 spiro atoms. The molecular formula is C5H5ClFN. The smallest absolute Gasteiger partial charge is 0.140 e. The second-order valence-electron chi connectivity index (χ2n) is 1.50. The second-order valence-corrected chi connectivity index (χ2v) is 1.99. The summed E-state index contributed by atoms with van der Waals surface area (Å²) in [5, 5.41) is 3.15. The predicted octanol–water partition coefficient (Wildman–Crippen LogP) is 1.52. The highest BCUT2D eigenvalue weighted by molar-refractivity contribution is 6.30. The number of nitrogens with one attached hydrogen (secondary N) is 1. The lowest BCUT2D eigenvalue weighted by Gasteiger charge is -2.03. The van der Waals surface area contributed by atoms with Crippen LogP contribution in [0.2, 0.25) is 0 Å². The molecule has 0 unspecified atom stereocenters. The Labute approximate surface area is 51.8 Å². The van der Waals surface area contributed by atoms with Gasteiger partial charge in [-0.1, -0.05) is 11.6 Å². The van der Waals surface area contributed by atoms with Crippen LogP contribution in [0, 0.1) is 0 Å². The van der Waals surface area contributed by atoms with E-state index in [0.717, 1.165) is 0 Å². The standard InChI is InChI=1S/C5H5ClFN/c6-4-1-5(7)3-8-2-4/h1,3,8H,2H2. The lowest BCUT2D eigenvalue weighted by Crippen LogP contribution is -2.10. The van der Waals surface area contributed by atoms with E-state index in [-0.39, 0.29) is 5.83 Å². The van der Waals surface area contributed by atoms with Crippen molar-refractivity contribution in [3.63, 3.8) is 0 Å². The third-order valence-corrected chi connectivity index (χ3v) is 1.05. The summed E-state index contributed by atoms with van der Waals surface area (Å²) in [6, 6.07) is 0. The molecule has 3 heteroatoms. The van der Waals surface area contributed by atoms with Crippen molar-refractivity contribution in [3.8, 4) is 0 Å². The summed E-state index contributed by atoms with van der Waals surface area (Å²) in [6.45, 7) is 0.537. The molecule has 0 amide bonds. The number of allylic oxidation sites excluding steroid dienone is 2. The van der Waals surface area contributed by atoms with Crippen molar-refractivity contribution in [2.45, 2.75) is 0 Å². The van der Waals surface area contributed by atoms with Gasteiger partial charge in [-0.3, -0.25) is 0 Å². The van der Waals surface area contributed by atoms with Gasteiger partial charge in [-0.15, -0.1) is 0 Å². The highest BCUT2D eigenvalue weighted by Gasteiger charge is 1.98. The number of rotatable bonds is 0. The van der Waals surface area contributed by atoms with Gasteiger partial charge < -0.3 is 5.32 Å². The first-order valence-corrected chi connectivity index (χ1v) is 2.62. The molecular weight excluding hydrogens is 129 g/mol. The van der Waals surface area contributed by atoms with Gasteiger partial charge in [0.1, 0.15) is 5.83 Å². The monoisotopic (exact) mass is 133 g/mol. The van der Waals surface area contributed by atoms with Crippen LogP contribution in [0.1, 0.15) is 0 Å². The van der Waals surface area contributed by atoms with Gasteiger partial charge in [0.05, 0.1) is 6.54 Å². The molecule has 1 aliphatic heterocycles. The Hall–Kier alpha value is -0.500. The first-order chi connectivity index (χ1) is 3.79. The number of dihydropyridines is 1. The second kappa shape index (κ2) is 2.18. The Kier molecular flexibility index (Phi) is 1.53. The van der Waals surface area contributed by atoms with Crippen LogP contribution in [0.3, 0.4) is 0 Å². The maximum absolute atomic E-state index is 12.1. The van der Waals surface area contributed by atoms with E-state index in [4.69, 9.17) is 11.6 Å². The molecule has 1 nitrogen and oxygen atoms in total. The van der Waals surface area contributed by atoms with Crippen LogP contribution in [0.15, 0.2) is 23.1 Å². The quantitative estimate of drug-likeness (QED) is 0.529. The van der Waals surface area contributed by atoms with Crippen LogP contribution in [-0.4, -0.2) is 6.54 Å². The first-order valence-electron chi connectivity index (χ1n) is 2.24. The maximum Gasteiger partial charge on any atom is 0.140 e. The van der Waals surface area contributed by atoms with Gasteiger partial charge >= 0.3 is 0 Å². The van der Waals surface area contributed by atoms with Crippen molar-refractivity contribution in [2.75, 3.05) is 6.54 Å². The molecule has 0 radical (unpaired) electrons. The average Bonchev–Trinajstić information content (AvgIpc) is 1.64. The van der Waals surface area contributed by atoms with Crippen molar-refractivity contribution >= 4 is 11.6 Å². The molecule has 0 aliphatic carbocycles. The molecule has 0 aromatic heterocycles. The number of hydrogen-bond donors (Lipinski definition) is 1. The van der Waals surface area contributed by atoms with E-state index in [1.54, 1.807) is 0 Å². The SMILES string of the molecule is FC1=CNCC(Cl)=C1. The zero-order valence-corrected chi connectivity index (χ0v) is 4.87. The van der Waals surface area contributed by atoms with E-state index in [1.165, 1.54) is 12.3 Å². The summed E-state index contributed by atoms with van der Waals surface area (Å²) in [7, 11) is 0. The Bertz CT molecular complexity index is 151. The van der Waals surface area contributed by atoms with Crippen LogP contribution in [-0.2, 0) is 0 Å². The van der Waals surface area contributed by atoms with E-state index in [2.05, 4.69) is 5.32 Å². The third-order valence-electron chi connectivity index (χ3n) is 0.805. The van der Waals surface area contributed by atoms with E-state index in [0.29, 0.717) is 11.6 Å². The number of hydrogen-bond acceptors (Lipinski definition) is 1. The first kappa shape index (κ1) is 5.63. The zero-order valence-electron chi connectivity index (χ0n) is 4.12. The lowest BCUT2D eigenvalue weighted by atomic mass is 10.4. The third kappa shape index (κ3) is 1.23. The Morgan fingerprint density at radius 2 is 2.50 bits per heavy atom. The molecule has 0 bridgehead atoms. The lowest BCUT2D eigenvalue weighted by molar-refractivity contribution is 0.645. The van der Waals surface area contributed by atoms with Crippen molar-refractivity contribution in [2.24, 2.45) is 0 Å². The van der Waals surface area contributed by atoms with Gasteiger partial charge in [0.2, 0.25) is 0 Å². The highest BCUT2D eigenvalue weighted by Crippen LogP contribution is 2.09. The summed E-state index contributed by atoms with van der Waals surface area (Å²) < 4.78 is 12.1. The molecule has 0 saturated heterocycles. The fourth-order valence-corrected chi connectivity index (χ4v) is 0.670. The molecule has 0 fully saturated rings. The average molecular weight is 134 g/mol. The fraction of sp³-hybridized carbons (Fsp3) is 0.200. The molecule has 0 saturated carbocycles. The molecule has 1 heterocycles. The van der Waals surface area contributed by atoms with Crippen LogP contribution < -0.4 is 5.32 Å². The van der Waals surface area contributed by atoms with Gasteiger partial charge in [-0.25, -0.2) is 4.39 Å². The van der Waals surface area contributed by atoms with Crippen LogP contribution in [0.25, 0.3) is 0 Å². The van der Waals surface area contributed by atoms with Crippen LogP contribution in [0.4, 0.5) is 4.39 Å². The Balaban J connectivity index is 2.69. The van der Waals surface area contributed by atoms with Gasteiger partial charge in [0, 0.05) is 11.2 Å². The summed E-state index contributed by atoms with van der Waals surface area (Å²) in [5.74, 6) is -0.318. The summed E-state index contributed by atoms with van der Waals surface area (Å²) in [5.41, 5.74) is 0. The minimum absolute atomic E-state index is 0.318. The van der Waals surface area contributed by atoms with Gasteiger partial charge in [0.15, 0.2) is 0 Å². The summed E-state index contributed by atoms with van der Waals surface area (Å²) in [4.78, 5) is 0. The fourth-order valence-electron chi connectivity index (χ4n) is 0.488. The summed E-state index contributed by atoms with van der Waals surface area (Å²) in [6.07, 6.45) is 2.57. The maximum atomic E-state index is 12.1. The van der Waals surface area contributed by atoms with Crippen molar-refractivity contribution in [1.29, 1.82) is 0 Å². The molecule has 1 aliphatic rings. The largest absolute Gasteiger partial charge is 0.384 e. The van der Waals surface area contributed by atoms with Crippen LogP contribution >= 0.6 is 11.6 Å². The molecule has 8 heavy (non-hydrogen) atoms.